The number of carbonyl (C=O) groups is 3. The van der Waals surface area contributed by atoms with Crippen LogP contribution in [0, 0.1) is 22.0 Å². The summed E-state index contributed by atoms with van der Waals surface area (Å²) in [6, 6.07) is 3.50. The maximum Gasteiger partial charge on any atom is 0.323 e. The summed E-state index contributed by atoms with van der Waals surface area (Å²) >= 11 is 0. The first-order valence-corrected chi connectivity index (χ1v) is 7.59. The first-order valence-electron chi connectivity index (χ1n) is 7.59. The standard InChI is InChI=1S/C16H18N2O8/c1-24-14(19)10-11(15(20)25-2)13(16(21)26-3)17-12(10)8-4-6-9(7-5-8)18(22)23/h4-7,10-13,17H,1-3H3/t10-,11+,12-,13-/m0/s1. The molecule has 1 saturated heterocycles. The number of rotatable bonds is 5. The van der Waals surface area contributed by atoms with Crippen molar-refractivity contribution in [2.45, 2.75) is 12.1 Å². The minimum absolute atomic E-state index is 0.129. The van der Waals surface area contributed by atoms with Crippen molar-refractivity contribution in [3.63, 3.8) is 0 Å². The molecule has 2 rings (SSSR count). The Hall–Kier alpha value is -3.01. The van der Waals surface area contributed by atoms with E-state index in [1.807, 2.05) is 0 Å². The molecular formula is C16H18N2O8. The summed E-state index contributed by atoms with van der Waals surface area (Å²) < 4.78 is 14.2. The van der Waals surface area contributed by atoms with E-state index in [0.717, 1.165) is 21.3 Å². The third kappa shape index (κ3) is 3.49. The molecule has 1 aliphatic rings. The quantitative estimate of drug-likeness (QED) is 0.339. The fourth-order valence-corrected chi connectivity index (χ4v) is 3.10. The number of benzene rings is 1. The summed E-state index contributed by atoms with van der Waals surface area (Å²) in [7, 11) is 3.46. The largest absolute Gasteiger partial charge is 0.469 e. The highest BCUT2D eigenvalue weighted by atomic mass is 16.6. The van der Waals surface area contributed by atoms with Gasteiger partial charge in [0.25, 0.3) is 5.69 Å². The van der Waals surface area contributed by atoms with Crippen LogP contribution < -0.4 is 5.32 Å². The van der Waals surface area contributed by atoms with Gasteiger partial charge in [0.05, 0.1) is 38.1 Å². The lowest BCUT2D eigenvalue weighted by atomic mass is 9.84. The molecule has 0 spiro atoms. The molecule has 10 heteroatoms. The molecule has 1 aromatic carbocycles. The molecule has 0 aliphatic carbocycles. The number of nitrogens with one attached hydrogen (secondary N) is 1. The number of hydrogen-bond donors (Lipinski definition) is 1. The van der Waals surface area contributed by atoms with Gasteiger partial charge in [0.15, 0.2) is 0 Å². The van der Waals surface area contributed by atoms with Gasteiger partial charge in [-0.3, -0.25) is 29.8 Å². The van der Waals surface area contributed by atoms with Gasteiger partial charge in [0, 0.05) is 18.2 Å². The van der Waals surface area contributed by atoms with Crippen molar-refractivity contribution in [2.24, 2.45) is 11.8 Å². The Morgan fingerprint density at radius 2 is 1.42 bits per heavy atom. The number of nitro benzene ring substituents is 1. The zero-order valence-corrected chi connectivity index (χ0v) is 14.3. The molecule has 1 aliphatic heterocycles. The number of ether oxygens (including phenoxy) is 3. The Morgan fingerprint density at radius 3 is 1.88 bits per heavy atom. The van der Waals surface area contributed by atoms with E-state index in [4.69, 9.17) is 14.2 Å². The molecule has 0 unspecified atom stereocenters. The predicted octanol–water partition coefficient (Wildman–Crippen LogP) is 0.359. The first-order chi connectivity index (χ1) is 12.3. The van der Waals surface area contributed by atoms with Crippen LogP contribution in [0.2, 0.25) is 0 Å². The van der Waals surface area contributed by atoms with Crippen LogP contribution in [-0.2, 0) is 28.6 Å². The van der Waals surface area contributed by atoms with Gasteiger partial charge >= 0.3 is 17.9 Å². The van der Waals surface area contributed by atoms with Crippen LogP contribution >= 0.6 is 0 Å². The van der Waals surface area contributed by atoms with Crippen LogP contribution in [0.1, 0.15) is 11.6 Å². The van der Waals surface area contributed by atoms with Crippen molar-refractivity contribution >= 4 is 23.6 Å². The zero-order valence-electron chi connectivity index (χ0n) is 14.3. The summed E-state index contributed by atoms with van der Waals surface area (Å²) in [6.07, 6.45) is 0. The van der Waals surface area contributed by atoms with E-state index in [1.165, 1.54) is 24.3 Å². The van der Waals surface area contributed by atoms with Crippen molar-refractivity contribution in [1.29, 1.82) is 0 Å². The SMILES string of the molecule is COC(=O)[C@@H]1[C@H](C(=O)OC)[C@H](c2ccc([N+](=O)[O-])cc2)N[C@@H]1C(=O)OC. The minimum Gasteiger partial charge on any atom is -0.469 e. The Balaban J connectivity index is 2.48. The molecular weight excluding hydrogens is 348 g/mol. The second-order valence-corrected chi connectivity index (χ2v) is 5.59. The number of non-ortho nitro benzene ring substituents is 1. The van der Waals surface area contributed by atoms with E-state index in [2.05, 4.69) is 5.32 Å². The average Bonchev–Trinajstić information content (AvgIpc) is 3.06. The monoisotopic (exact) mass is 366 g/mol. The van der Waals surface area contributed by atoms with E-state index < -0.39 is 46.8 Å². The first kappa shape index (κ1) is 19.3. The van der Waals surface area contributed by atoms with Crippen molar-refractivity contribution in [3.05, 3.63) is 39.9 Å². The van der Waals surface area contributed by atoms with Crippen LogP contribution in [-0.4, -0.2) is 50.2 Å². The Labute approximate surface area is 148 Å². The molecule has 10 nitrogen and oxygen atoms in total. The van der Waals surface area contributed by atoms with Crippen LogP contribution in [0.5, 0.6) is 0 Å². The van der Waals surface area contributed by atoms with E-state index >= 15 is 0 Å². The molecule has 0 radical (unpaired) electrons. The Bertz CT molecular complexity index is 717. The van der Waals surface area contributed by atoms with Crippen molar-refractivity contribution in [2.75, 3.05) is 21.3 Å². The molecule has 0 amide bonds. The maximum atomic E-state index is 12.3. The van der Waals surface area contributed by atoms with Crippen molar-refractivity contribution in [1.82, 2.24) is 5.32 Å². The molecule has 140 valence electrons. The van der Waals surface area contributed by atoms with E-state index in [1.54, 1.807) is 0 Å². The van der Waals surface area contributed by atoms with Crippen LogP contribution in [0.3, 0.4) is 0 Å². The molecule has 1 aromatic rings. The highest BCUT2D eigenvalue weighted by Gasteiger charge is 2.55. The van der Waals surface area contributed by atoms with Crippen LogP contribution in [0.15, 0.2) is 24.3 Å². The van der Waals surface area contributed by atoms with Crippen molar-refractivity contribution in [3.8, 4) is 0 Å². The van der Waals surface area contributed by atoms with Crippen LogP contribution in [0.25, 0.3) is 0 Å². The number of esters is 3. The zero-order chi connectivity index (χ0) is 19.4. The molecule has 0 saturated carbocycles. The second-order valence-electron chi connectivity index (χ2n) is 5.59. The fraction of sp³-hybridized carbons (Fsp3) is 0.438. The number of carbonyl (C=O) groups excluding carboxylic acids is 3. The lowest BCUT2D eigenvalue weighted by molar-refractivity contribution is -0.384. The second kappa shape index (κ2) is 7.91. The van der Waals surface area contributed by atoms with E-state index in [0.29, 0.717) is 5.56 Å². The normalized spacial score (nSPS) is 24.6. The third-order valence-electron chi connectivity index (χ3n) is 4.33. The highest BCUT2D eigenvalue weighted by Crippen LogP contribution is 2.39. The smallest absolute Gasteiger partial charge is 0.323 e. The number of methoxy groups -OCH3 is 3. The molecule has 4 atom stereocenters. The van der Waals surface area contributed by atoms with Gasteiger partial charge in [-0.25, -0.2) is 0 Å². The van der Waals surface area contributed by atoms with Crippen LogP contribution in [0.4, 0.5) is 5.69 Å². The van der Waals surface area contributed by atoms with Gasteiger partial charge in [-0.15, -0.1) is 0 Å². The van der Waals surface area contributed by atoms with Gasteiger partial charge in [-0.05, 0) is 5.56 Å². The number of nitrogens with zero attached hydrogens (tertiary/aromatic N) is 1. The third-order valence-corrected chi connectivity index (χ3v) is 4.33. The molecule has 1 heterocycles. The fourth-order valence-electron chi connectivity index (χ4n) is 3.10. The van der Waals surface area contributed by atoms with E-state index in [9.17, 15) is 24.5 Å². The highest BCUT2D eigenvalue weighted by molar-refractivity contribution is 5.91. The molecule has 0 bridgehead atoms. The summed E-state index contributed by atoms with van der Waals surface area (Å²) in [5, 5.41) is 13.7. The summed E-state index contributed by atoms with van der Waals surface area (Å²) in [5.41, 5.74) is 0.349. The number of hydrogen-bond acceptors (Lipinski definition) is 9. The average molecular weight is 366 g/mol. The molecule has 1 fully saturated rings. The maximum absolute atomic E-state index is 12.3. The summed E-state index contributed by atoms with van der Waals surface area (Å²) in [4.78, 5) is 46.9. The van der Waals surface area contributed by atoms with Gasteiger partial charge in [-0.2, -0.15) is 0 Å². The van der Waals surface area contributed by atoms with Crippen molar-refractivity contribution < 1.29 is 33.5 Å². The topological polar surface area (TPSA) is 134 Å². The molecule has 1 N–H and O–H groups in total. The lowest BCUT2D eigenvalue weighted by Crippen LogP contribution is -2.42. The van der Waals surface area contributed by atoms with E-state index in [-0.39, 0.29) is 5.69 Å². The Morgan fingerprint density at radius 1 is 0.923 bits per heavy atom. The van der Waals surface area contributed by atoms with Gasteiger partial charge < -0.3 is 14.2 Å². The molecule has 0 aromatic heterocycles. The van der Waals surface area contributed by atoms with Gasteiger partial charge in [0.1, 0.15) is 6.04 Å². The predicted molar refractivity (Wildman–Crippen MR) is 85.8 cm³/mol. The molecule has 26 heavy (non-hydrogen) atoms. The van der Waals surface area contributed by atoms with Gasteiger partial charge in [0.2, 0.25) is 0 Å². The summed E-state index contributed by atoms with van der Waals surface area (Å²) in [5.74, 6) is -4.47. The Kier molecular flexibility index (Phi) is 5.88. The van der Waals surface area contributed by atoms with Gasteiger partial charge in [-0.1, -0.05) is 12.1 Å². The summed E-state index contributed by atoms with van der Waals surface area (Å²) in [6.45, 7) is 0. The number of nitro groups is 1. The lowest BCUT2D eigenvalue weighted by Gasteiger charge is -2.21. The minimum atomic E-state index is -1.17.